The fraction of sp³-hybridized carbons (Fsp3) is 0.333. The summed E-state index contributed by atoms with van der Waals surface area (Å²) < 4.78 is 19.1. The molecule has 1 aliphatic heterocycles. The molecule has 13 heavy (non-hydrogen) atoms. The second-order valence-corrected chi connectivity index (χ2v) is 3.88. The molecule has 2 N–H and O–H groups in total. The summed E-state index contributed by atoms with van der Waals surface area (Å²) in [6.07, 6.45) is 0.744. The fourth-order valence-electron chi connectivity index (χ4n) is 1.43. The van der Waals surface area contributed by atoms with Crippen molar-refractivity contribution in [3.63, 3.8) is 0 Å². The summed E-state index contributed by atoms with van der Waals surface area (Å²) in [5.74, 6) is -0.0548. The van der Waals surface area contributed by atoms with Gasteiger partial charge in [0.05, 0.1) is 11.1 Å². The van der Waals surface area contributed by atoms with Crippen LogP contribution in [-0.2, 0) is 0 Å². The van der Waals surface area contributed by atoms with E-state index in [4.69, 9.17) is 10.5 Å². The number of fused-ring (bicyclic) bond motifs is 1. The topological polar surface area (TPSA) is 35.2 Å². The van der Waals surface area contributed by atoms with Crippen molar-refractivity contribution in [1.29, 1.82) is 0 Å². The Morgan fingerprint density at radius 2 is 2.31 bits per heavy atom. The second kappa shape index (κ2) is 3.27. The summed E-state index contributed by atoms with van der Waals surface area (Å²) in [5, 5.41) is 0. The quantitative estimate of drug-likeness (QED) is 0.762. The first kappa shape index (κ1) is 8.97. The monoisotopic (exact) mass is 245 g/mol. The van der Waals surface area contributed by atoms with Crippen molar-refractivity contribution >= 4 is 15.9 Å². The third-order valence-electron chi connectivity index (χ3n) is 2.16. The van der Waals surface area contributed by atoms with Crippen molar-refractivity contribution in [1.82, 2.24) is 0 Å². The Hall–Kier alpha value is -0.610. The lowest BCUT2D eigenvalue weighted by Crippen LogP contribution is -2.21. The molecule has 0 spiro atoms. The van der Waals surface area contributed by atoms with Gasteiger partial charge in [0.1, 0.15) is 0 Å². The van der Waals surface area contributed by atoms with Gasteiger partial charge in [0.25, 0.3) is 0 Å². The number of hydrogen-bond acceptors (Lipinski definition) is 2. The van der Waals surface area contributed by atoms with E-state index >= 15 is 0 Å². The Labute approximate surface area is 84.0 Å². The van der Waals surface area contributed by atoms with E-state index in [0.717, 1.165) is 12.0 Å². The van der Waals surface area contributed by atoms with Gasteiger partial charge in [0, 0.05) is 18.0 Å². The maximum atomic E-state index is 13.4. The molecule has 1 heterocycles. The van der Waals surface area contributed by atoms with Crippen LogP contribution in [0.15, 0.2) is 16.6 Å². The summed E-state index contributed by atoms with van der Waals surface area (Å²) in [6.45, 7) is 0.488. The van der Waals surface area contributed by atoms with Gasteiger partial charge in [0.15, 0.2) is 11.6 Å². The Bertz CT molecular complexity index is 343. The van der Waals surface area contributed by atoms with Gasteiger partial charge in [-0.25, -0.2) is 4.39 Å². The number of nitrogens with two attached hydrogens (primary N) is 1. The highest BCUT2D eigenvalue weighted by Gasteiger charge is 2.22. The lowest BCUT2D eigenvalue weighted by atomic mass is 10.0. The molecule has 2 rings (SSSR count). The standard InChI is InChI=1S/C9H9BrFNO/c10-6-2-1-5-7(12)3-4-13-9(5)8(6)11/h1-2,7H,3-4,12H2/t7-/m0/s1. The van der Waals surface area contributed by atoms with Crippen LogP contribution in [0.4, 0.5) is 4.39 Å². The van der Waals surface area contributed by atoms with Crippen LogP contribution >= 0.6 is 15.9 Å². The van der Waals surface area contributed by atoms with Gasteiger partial charge in [0.2, 0.25) is 0 Å². The molecule has 0 aliphatic carbocycles. The molecule has 0 bridgehead atoms. The van der Waals surface area contributed by atoms with Crippen LogP contribution in [0, 0.1) is 5.82 Å². The fourth-order valence-corrected chi connectivity index (χ4v) is 1.74. The van der Waals surface area contributed by atoms with Crippen molar-refractivity contribution in [2.24, 2.45) is 5.73 Å². The number of ether oxygens (including phenoxy) is 1. The van der Waals surface area contributed by atoms with Crippen LogP contribution in [0.5, 0.6) is 5.75 Å². The van der Waals surface area contributed by atoms with Crippen LogP contribution in [0.25, 0.3) is 0 Å². The molecule has 0 radical (unpaired) electrons. The van der Waals surface area contributed by atoms with Crippen molar-refractivity contribution in [2.75, 3.05) is 6.61 Å². The molecule has 0 saturated carbocycles. The minimum Gasteiger partial charge on any atom is -0.490 e. The van der Waals surface area contributed by atoms with Gasteiger partial charge in [-0.05, 0) is 22.0 Å². The largest absolute Gasteiger partial charge is 0.490 e. The molecule has 1 aromatic carbocycles. The summed E-state index contributed by atoms with van der Waals surface area (Å²) in [5.41, 5.74) is 6.56. The van der Waals surface area contributed by atoms with E-state index in [0.29, 0.717) is 16.8 Å². The molecular weight excluding hydrogens is 237 g/mol. The Morgan fingerprint density at radius 3 is 3.08 bits per heavy atom. The average Bonchev–Trinajstić information content (AvgIpc) is 2.12. The molecule has 1 aromatic rings. The first-order chi connectivity index (χ1) is 6.20. The van der Waals surface area contributed by atoms with Crippen molar-refractivity contribution in [2.45, 2.75) is 12.5 Å². The zero-order valence-corrected chi connectivity index (χ0v) is 8.47. The molecule has 70 valence electrons. The first-order valence-corrected chi connectivity index (χ1v) is 4.85. The van der Waals surface area contributed by atoms with E-state index in [1.807, 2.05) is 0 Å². The van der Waals surface area contributed by atoms with E-state index in [-0.39, 0.29) is 11.9 Å². The van der Waals surface area contributed by atoms with E-state index in [2.05, 4.69) is 15.9 Å². The highest BCUT2D eigenvalue weighted by Crippen LogP contribution is 2.35. The summed E-state index contributed by atoms with van der Waals surface area (Å²) in [7, 11) is 0. The molecule has 1 aliphatic rings. The lowest BCUT2D eigenvalue weighted by Gasteiger charge is -2.23. The smallest absolute Gasteiger partial charge is 0.179 e. The van der Waals surface area contributed by atoms with E-state index < -0.39 is 0 Å². The summed E-state index contributed by atoms with van der Waals surface area (Å²) in [6, 6.07) is 3.35. The Kier molecular flexibility index (Phi) is 2.26. The Balaban J connectivity index is 2.56. The molecule has 1 atom stereocenters. The SMILES string of the molecule is N[C@H]1CCOc2c1ccc(Br)c2F. The van der Waals surface area contributed by atoms with Gasteiger partial charge >= 0.3 is 0 Å². The van der Waals surface area contributed by atoms with Gasteiger partial charge in [-0.1, -0.05) is 6.07 Å². The normalized spacial score (nSPS) is 20.7. The molecule has 0 unspecified atom stereocenters. The second-order valence-electron chi connectivity index (χ2n) is 3.02. The highest BCUT2D eigenvalue weighted by atomic mass is 79.9. The maximum absolute atomic E-state index is 13.4. The number of rotatable bonds is 0. The van der Waals surface area contributed by atoms with Crippen molar-refractivity contribution in [3.8, 4) is 5.75 Å². The van der Waals surface area contributed by atoms with Crippen molar-refractivity contribution < 1.29 is 9.13 Å². The molecular formula is C9H9BrFNO. The number of benzene rings is 1. The highest BCUT2D eigenvalue weighted by molar-refractivity contribution is 9.10. The van der Waals surface area contributed by atoms with E-state index in [1.165, 1.54) is 0 Å². The average molecular weight is 246 g/mol. The molecule has 4 heteroatoms. The predicted molar refractivity (Wildman–Crippen MR) is 51.1 cm³/mol. The maximum Gasteiger partial charge on any atom is 0.179 e. The van der Waals surface area contributed by atoms with E-state index in [1.54, 1.807) is 12.1 Å². The third kappa shape index (κ3) is 1.44. The molecule has 2 nitrogen and oxygen atoms in total. The van der Waals surface area contributed by atoms with Crippen LogP contribution in [0.1, 0.15) is 18.0 Å². The number of hydrogen-bond donors (Lipinski definition) is 1. The minimum absolute atomic E-state index is 0.105. The van der Waals surface area contributed by atoms with Crippen LogP contribution in [0.3, 0.4) is 0 Å². The first-order valence-electron chi connectivity index (χ1n) is 4.06. The van der Waals surface area contributed by atoms with Gasteiger partial charge in [-0.2, -0.15) is 0 Å². The van der Waals surface area contributed by atoms with Crippen LogP contribution in [-0.4, -0.2) is 6.61 Å². The zero-order chi connectivity index (χ0) is 9.42. The predicted octanol–water partition coefficient (Wildman–Crippen LogP) is 2.37. The summed E-state index contributed by atoms with van der Waals surface area (Å²) in [4.78, 5) is 0. The van der Waals surface area contributed by atoms with Crippen LogP contribution < -0.4 is 10.5 Å². The van der Waals surface area contributed by atoms with Crippen LogP contribution in [0.2, 0.25) is 0 Å². The molecule has 0 amide bonds. The Morgan fingerprint density at radius 1 is 1.54 bits per heavy atom. The van der Waals surface area contributed by atoms with Gasteiger partial charge in [-0.3, -0.25) is 0 Å². The molecule has 0 saturated heterocycles. The summed E-state index contributed by atoms with van der Waals surface area (Å²) >= 11 is 3.10. The molecule has 0 aromatic heterocycles. The molecule has 0 fully saturated rings. The third-order valence-corrected chi connectivity index (χ3v) is 2.77. The number of halogens is 2. The minimum atomic E-state index is -0.354. The van der Waals surface area contributed by atoms with E-state index in [9.17, 15) is 4.39 Å². The lowest BCUT2D eigenvalue weighted by molar-refractivity contribution is 0.255. The zero-order valence-electron chi connectivity index (χ0n) is 6.89. The van der Waals surface area contributed by atoms with Gasteiger partial charge in [-0.15, -0.1) is 0 Å². The van der Waals surface area contributed by atoms with Gasteiger partial charge < -0.3 is 10.5 Å². The van der Waals surface area contributed by atoms with Crippen molar-refractivity contribution in [3.05, 3.63) is 28.0 Å².